The molecule has 0 aliphatic carbocycles. The third-order valence-corrected chi connectivity index (χ3v) is 3.12. The van der Waals surface area contributed by atoms with Crippen molar-refractivity contribution in [3.8, 4) is 12.3 Å². The van der Waals surface area contributed by atoms with Crippen molar-refractivity contribution < 1.29 is 4.42 Å². The summed E-state index contributed by atoms with van der Waals surface area (Å²) in [5.41, 5.74) is 1.29. The van der Waals surface area contributed by atoms with Crippen LogP contribution in [0.5, 0.6) is 0 Å². The molecule has 1 aromatic heterocycles. The molecule has 4 heteroatoms. The van der Waals surface area contributed by atoms with Gasteiger partial charge in [0.05, 0.1) is 12.8 Å². The van der Waals surface area contributed by atoms with Crippen LogP contribution in [0, 0.1) is 12.3 Å². The molecule has 0 unspecified atom stereocenters. The normalized spacial score (nSPS) is 11.0. The second-order valence-corrected chi connectivity index (χ2v) is 4.78. The highest BCUT2D eigenvalue weighted by atomic mass is 16.3. The predicted octanol–water partition coefficient (Wildman–Crippen LogP) is 2.23. The number of guanidine groups is 1. The number of aliphatic imine (C=N–C) groups is 1. The van der Waals surface area contributed by atoms with E-state index in [1.165, 1.54) is 5.56 Å². The minimum Gasteiger partial charge on any atom is -0.469 e. The Morgan fingerprint density at radius 2 is 1.95 bits per heavy atom. The molecule has 2 rings (SSSR count). The number of furan rings is 1. The average Bonchev–Trinajstić information content (AvgIpc) is 3.06. The van der Waals surface area contributed by atoms with Crippen LogP contribution in [0.3, 0.4) is 0 Å². The first-order valence-electron chi connectivity index (χ1n) is 7.40. The molecule has 0 amide bonds. The van der Waals surface area contributed by atoms with Crippen LogP contribution in [0.4, 0.5) is 0 Å². The summed E-state index contributed by atoms with van der Waals surface area (Å²) in [6, 6.07) is 14.2. The van der Waals surface area contributed by atoms with E-state index in [2.05, 4.69) is 33.7 Å². The van der Waals surface area contributed by atoms with E-state index in [9.17, 15) is 0 Å². The van der Waals surface area contributed by atoms with Gasteiger partial charge in [-0.3, -0.25) is 4.99 Å². The number of terminal acetylenes is 1. The molecule has 0 radical (unpaired) electrons. The SMILES string of the molecule is C#CCNC(=NCCc1ccco1)NCCc1ccccc1. The molecule has 0 fully saturated rings. The van der Waals surface area contributed by atoms with Crippen molar-refractivity contribution in [1.82, 2.24) is 10.6 Å². The molecular weight excluding hydrogens is 274 g/mol. The van der Waals surface area contributed by atoms with Crippen LogP contribution in [0.2, 0.25) is 0 Å². The van der Waals surface area contributed by atoms with Crippen LogP contribution in [0.1, 0.15) is 11.3 Å². The summed E-state index contributed by atoms with van der Waals surface area (Å²) < 4.78 is 5.29. The lowest BCUT2D eigenvalue weighted by Crippen LogP contribution is -2.38. The van der Waals surface area contributed by atoms with Crippen LogP contribution in [-0.2, 0) is 12.8 Å². The Morgan fingerprint density at radius 1 is 1.09 bits per heavy atom. The second kappa shape index (κ2) is 9.30. The fourth-order valence-corrected chi connectivity index (χ4v) is 2.01. The van der Waals surface area contributed by atoms with Crippen molar-refractivity contribution in [3.63, 3.8) is 0 Å². The lowest BCUT2D eigenvalue weighted by atomic mass is 10.1. The van der Waals surface area contributed by atoms with Crippen molar-refractivity contribution in [2.45, 2.75) is 12.8 Å². The summed E-state index contributed by atoms with van der Waals surface area (Å²) in [5.74, 6) is 4.23. The molecule has 0 aliphatic rings. The number of nitrogens with zero attached hydrogens (tertiary/aromatic N) is 1. The van der Waals surface area contributed by atoms with Crippen molar-refractivity contribution in [3.05, 3.63) is 60.1 Å². The van der Waals surface area contributed by atoms with Crippen LogP contribution in [0.25, 0.3) is 0 Å². The maximum atomic E-state index is 5.29. The van der Waals surface area contributed by atoms with Crippen molar-refractivity contribution in [1.29, 1.82) is 0 Å². The van der Waals surface area contributed by atoms with Gasteiger partial charge in [0.1, 0.15) is 5.76 Å². The number of rotatable bonds is 7. The Morgan fingerprint density at radius 3 is 2.68 bits per heavy atom. The van der Waals surface area contributed by atoms with Crippen LogP contribution in [-0.4, -0.2) is 25.6 Å². The Balaban J connectivity index is 1.78. The molecule has 1 aromatic carbocycles. The first-order chi connectivity index (χ1) is 10.9. The predicted molar refractivity (Wildman–Crippen MR) is 89.7 cm³/mol. The quantitative estimate of drug-likeness (QED) is 0.468. The molecule has 22 heavy (non-hydrogen) atoms. The number of benzene rings is 1. The molecule has 0 aliphatic heterocycles. The van der Waals surface area contributed by atoms with Gasteiger partial charge in [0.2, 0.25) is 0 Å². The van der Waals surface area contributed by atoms with Gasteiger partial charge >= 0.3 is 0 Å². The smallest absolute Gasteiger partial charge is 0.192 e. The molecule has 0 saturated carbocycles. The summed E-state index contributed by atoms with van der Waals surface area (Å²) >= 11 is 0. The summed E-state index contributed by atoms with van der Waals surface area (Å²) in [5, 5.41) is 6.40. The minimum absolute atomic E-state index is 0.456. The van der Waals surface area contributed by atoms with Crippen LogP contribution >= 0.6 is 0 Å². The van der Waals surface area contributed by atoms with Gasteiger partial charge < -0.3 is 15.1 Å². The molecule has 0 spiro atoms. The highest BCUT2D eigenvalue weighted by Gasteiger charge is 1.99. The minimum atomic E-state index is 0.456. The standard InChI is InChI=1S/C18H21N3O/c1-2-12-19-18(21-14-11-17-9-6-15-22-17)20-13-10-16-7-4-3-5-8-16/h1,3-9,15H,10-14H2,(H2,19,20,21). The third-order valence-electron chi connectivity index (χ3n) is 3.12. The summed E-state index contributed by atoms with van der Waals surface area (Å²) in [6.07, 6.45) is 8.68. The van der Waals surface area contributed by atoms with Crippen molar-refractivity contribution in [2.24, 2.45) is 4.99 Å². The zero-order valence-electron chi connectivity index (χ0n) is 12.6. The molecule has 4 nitrogen and oxygen atoms in total. The molecule has 2 aromatic rings. The molecule has 114 valence electrons. The van der Waals surface area contributed by atoms with Gasteiger partial charge in [-0.2, -0.15) is 0 Å². The topological polar surface area (TPSA) is 49.6 Å². The van der Waals surface area contributed by atoms with Crippen LogP contribution in [0.15, 0.2) is 58.1 Å². The summed E-state index contributed by atoms with van der Waals surface area (Å²) in [7, 11) is 0. The maximum absolute atomic E-state index is 5.29. The second-order valence-electron chi connectivity index (χ2n) is 4.78. The summed E-state index contributed by atoms with van der Waals surface area (Å²) in [4.78, 5) is 4.51. The van der Waals surface area contributed by atoms with Crippen molar-refractivity contribution >= 4 is 5.96 Å². The fraction of sp³-hybridized carbons (Fsp3) is 0.278. The molecule has 1 heterocycles. The Labute approximate surface area is 131 Å². The van der Waals surface area contributed by atoms with Crippen molar-refractivity contribution in [2.75, 3.05) is 19.6 Å². The highest BCUT2D eigenvalue weighted by molar-refractivity contribution is 5.80. The van der Waals surface area contributed by atoms with E-state index in [0.717, 1.165) is 31.1 Å². The van der Waals surface area contributed by atoms with Crippen LogP contribution < -0.4 is 10.6 Å². The van der Waals surface area contributed by atoms with E-state index in [1.54, 1.807) is 6.26 Å². The maximum Gasteiger partial charge on any atom is 0.192 e. The zero-order valence-corrected chi connectivity index (χ0v) is 12.6. The third kappa shape index (κ3) is 5.76. The fourth-order valence-electron chi connectivity index (χ4n) is 2.01. The van der Waals surface area contributed by atoms with Gasteiger partial charge in [0.25, 0.3) is 0 Å². The highest BCUT2D eigenvalue weighted by Crippen LogP contribution is 2.01. The number of hydrogen-bond donors (Lipinski definition) is 2. The van der Waals surface area contributed by atoms with E-state index in [-0.39, 0.29) is 0 Å². The largest absolute Gasteiger partial charge is 0.469 e. The van der Waals surface area contributed by atoms with E-state index >= 15 is 0 Å². The Hall–Kier alpha value is -2.67. The molecule has 0 saturated heterocycles. The lowest BCUT2D eigenvalue weighted by molar-refractivity contribution is 0.510. The van der Waals surface area contributed by atoms with E-state index < -0.39 is 0 Å². The molecular formula is C18H21N3O. The first kappa shape index (κ1) is 15.7. The molecule has 0 atom stereocenters. The first-order valence-corrected chi connectivity index (χ1v) is 7.40. The monoisotopic (exact) mass is 295 g/mol. The van der Waals surface area contributed by atoms with Gasteiger partial charge in [-0.1, -0.05) is 36.3 Å². The number of nitrogens with one attached hydrogen (secondary N) is 2. The zero-order chi connectivity index (χ0) is 15.5. The van der Waals surface area contributed by atoms with Gasteiger partial charge in [-0.15, -0.1) is 6.42 Å². The Kier molecular flexibility index (Phi) is 6.64. The van der Waals surface area contributed by atoms with Gasteiger partial charge in [0, 0.05) is 19.5 Å². The molecule has 0 bridgehead atoms. The van der Waals surface area contributed by atoms with Gasteiger partial charge in [0.15, 0.2) is 5.96 Å². The number of hydrogen-bond acceptors (Lipinski definition) is 2. The Bertz CT molecular complexity index is 597. The summed E-state index contributed by atoms with van der Waals surface area (Å²) in [6.45, 7) is 1.91. The van der Waals surface area contributed by atoms with E-state index in [1.807, 2.05) is 30.3 Å². The average molecular weight is 295 g/mol. The van der Waals surface area contributed by atoms with E-state index in [4.69, 9.17) is 10.8 Å². The molecule has 2 N–H and O–H groups in total. The van der Waals surface area contributed by atoms with E-state index in [0.29, 0.717) is 13.1 Å². The lowest BCUT2D eigenvalue weighted by Gasteiger charge is -2.10. The van der Waals surface area contributed by atoms with Gasteiger partial charge in [-0.05, 0) is 24.1 Å². The van der Waals surface area contributed by atoms with Gasteiger partial charge in [-0.25, -0.2) is 0 Å².